The SMILES string of the molecule is CCn1cc(COc2cccc(O)c2)cn1. The summed E-state index contributed by atoms with van der Waals surface area (Å²) in [7, 11) is 0. The molecule has 16 heavy (non-hydrogen) atoms. The Balaban J connectivity index is 1.96. The molecule has 84 valence electrons. The third-order valence-electron chi connectivity index (χ3n) is 2.23. The molecule has 0 amide bonds. The Labute approximate surface area is 94.1 Å². The summed E-state index contributed by atoms with van der Waals surface area (Å²) in [6.45, 7) is 3.35. The Kier molecular flexibility index (Phi) is 3.10. The minimum atomic E-state index is 0.210. The summed E-state index contributed by atoms with van der Waals surface area (Å²) < 4.78 is 7.37. The summed E-state index contributed by atoms with van der Waals surface area (Å²) in [5.74, 6) is 0.867. The lowest BCUT2D eigenvalue weighted by Gasteiger charge is -2.04. The van der Waals surface area contributed by atoms with Crippen molar-refractivity contribution < 1.29 is 9.84 Å². The molecule has 4 nitrogen and oxygen atoms in total. The third-order valence-corrected chi connectivity index (χ3v) is 2.23. The van der Waals surface area contributed by atoms with Gasteiger partial charge in [0.2, 0.25) is 0 Å². The molecule has 1 aromatic carbocycles. The average molecular weight is 218 g/mol. The van der Waals surface area contributed by atoms with Crippen molar-refractivity contribution in [1.82, 2.24) is 9.78 Å². The second-order valence-electron chi connectivity index (χ2n) is 3.49. The number of phenols is 1. The molecular weight excluding hydrogens is 204 g/mol. The summed E-state index contributed by atoms with van der Waals surface area (Å²) in [6, 6.07) is 6.76. The molecule has 0 aliphatic heterocycles. The van der Waals surface area contributed by atoms with E-state index in [1.165, 1.54) is 0 Å². The van der Waals surface area contributed by atoms with Gasteiger partial charge in [-0.3, -0.25) is 4.68 Å². The number of rotatable bonds is 4. The van der Waals surface area contributed by atoms with Gasteiger partial charge >= 0.3 is 0 Å². The van der Waals surface area contributed by atoms with E-state index >= 15 is 0 Å². The zero-order chi connectivity index (χ0) is 11.4. The fraction of sp³-hybridized carbons (Fsp3) is 0.250. The number of aryl methyl sites for hydroxylation is 1. The number of benzene rings is 1. The second-order valence-corrected chi connectivity index (χ2v) is 3.49. The normalized spacial score (nSPS) is 10.3. The fourth-order valence-corrected chi connectivity index (χ4v) is 1.39. The molecule has 0 aliphatic rings. The Morgan fingerprint density at radius 2 is 2.31 bits per heavy atom. The summed E-state index contributed by atoms with van der Waals surface area (Å²) in [5.41, 5.74) is 1.02. The molecule has 0 fully saturated rings. The van der Waals surface area contributed by atoms with E-state index in [2.05, 4.69) is 5.10 Å². The molecule has 0 radical (unpaired) electrons. The van der Waals surface area contributed by atoms with Crippen LogP contribution in [0.2, 0.25) is 0 Å². The van der Waals surface area contributed by atoms with Gasteiger partial charge in [0.25, 0.3) is 0 Å². The number of aromatic nitrogens is 2. The van der Waals surface area contributed by atoms with Crippen LogP contribution in [-0.4, -0.2) is 14.9 Å². The van der Waals surface area contributed by atoms with Crippen LogP contribution in [-0.2, 0) is 13.2 Å². The number of aromatic hydroxyl groups is 1. The molecule has 0 atom stereocenters. The van der Waals surface area contributed by atoms with Crippen molar-refractivity contribution in [1.29, 1.82) is 0 Å². The molecule has 4 heteroatoms. The Bertz CT molecular complexity index is 466. The number of nitrogens with zero attached hydrogens (tertiary/aromatic N) is 2. The molecule has 0 saturated heterocycles. The number of hydrogen-bond acceptors (Lipinski definition) is 3. The van der Waals surface area contributed by atoms with Gasteiger partial charge in [0.1, 0.15) is 18.1 Å². The smallest absolute Gasteiger partial charge is 0.123 e. The first kappa shape index (κ1) is 10.5. The van der Waals surface area contributed by atoms with Crippen molar-refractivity contribution in [3.63, 3.8) is 0 Å². The number of phenolic OH excluding ortho intramolecular Hbond substituents is 1. The maximum Gasteiger partial charge on any atom is 0.123 e. The van der Waals surface area contributed by atoms with Gasteiger partial charge in [-0.25, -0.2) is 0 Å². The number of ether oxygens (including phenoxy) is 1. The van der Waals surface area contributed by atoms with Gasteiger partial charge in [-0.2, -0.15) is 5.10 Å². The van der Waals surface area contributed by atoms with Gasteiger partial charge in [0.15, 0.2) is 0 Å². The van der Waals surface area contributed by atoms with E-state index in [4.69, 9.17) is 4.74 Å². The lowest BCUT2D eigenvalue weighted by molar-refractivity contribution is 0.304. The first-order valence-corrected chi connectivity index (χ1v) is 5.21. The summed E-state index contributed by atoms with van der Waals surface area (Å²) in [4.78, 5) is 0. The van der Waals surface area contributed by atoms with Crippen LogP contribution in [0.15, 0.2) is 36.7 Å². The highest BCUT2D eigenvalue weighted by Gasteiger charge is 1.99. The molecule has 1 heterocycles. The highest BCUT2D eigenvalue weighted by molar-refractivity contribution is 5.31. The van der Waals surface area contributed by atoms with E-state index in [0.717, 1.165) is 12.1 Å². The molecule has 0 spiro atoms. The van der Waals surface area contributed by atoms with Gasteiger partial charge in [-0.1, -0.05) is 6.07 Å². The molecule has 0 bridgehead atoms. The molecule has 0 saturated carbocycles. The summed E-state index contributed by atoms with van der Waals surface area (Å²) in [5, 5.41) is 13.4. The summed E-state index contributed by atoms with van der Waals surface area (Å²) >= 11 is 0. The van der Waals surface area contributed by atoms with E-state index < -0.39 is 0 Å². The fourth-order valence-electron chi connectivity index (χ4n) is 1.39. The van der Waals surface area contributed by atoms with Crippen molar-refractivity contribution >= 4 is 0 Å². The maximum absolute atomic E-state index is 9.26. The van der Waals surface area contributed by atoms with E-state index in [1.54, 1.807) is 24.4 Å². The van der Waals surface area contributed by atoms with Gasteiger partial charge in [0, 0.05) is 24.4 Å². The van der Waals surface area contributed by atoms with E-state index in [-0.39, 0.29) is 5.75 Å². The topological polar surface area (TPSA) is 47.3 Å². The lowest BCUT2D eigenvalue weighted by atomic mass is 10.3. The minimum absolute atomic E-state index is 0.210. The predicted octanol–water partition coefficient (Wildman–Crippen LogP) is 2.19. The maximum atomic E-state index is 9.26. The van der Waals surface area contributed by atoms with Crippen LogP contribution in [0.5, 0.6) is 11.5 Å². The monoisotopic (exact) mass is 218 g/mol. The molecule has 1 N–H and O–H groups in total. The van der Waals surface area contributed by atoms with Gasteiger partial charge in [-0.15, -0.1) is 0 Å². The van der Waals surface area contributed by atoms with E-state index in [1.807, 2.05) is 23.9 Å². The lowest BCUT2D eigenvalue weighted by Crippen LogP contribution is -1.95. The Hall–Kier alpha value is -1.97. The molecular formula is C12H14N2O2. The van der Waals surface area contributed by atoms with Crippen LogP contribution < -0.4 is 4.74 Å². The zero-order valence-electron chi connectivity index (χ0n) is 9.13. The van der Waals surface area contributed by atoms with E-state index in [0.29, 0.717) is 12.4 Å². The van der Waals surface area contributed by atoms with Crippen LogP contribution in [0.4, 0.5) is 0 Å². The summed E-state index contributed by atoms with van der Waals surface area (Å²) in [6.07, 6.45) is 3.73. The van der Waals surface area contributed by atoms with Crippen LogP contribution in [0.1, 0.15) is 12.5 Å². The number of hydrogen-bond donors (Lipinski definition) is 1. The van der Waals surface area contributed by atoms with Gasteiger partial charge < -0.3 is 9.84 Å². The molecule has 0 unspecified atom stereocenters. The minimum Gasteiger partial charge on any atom is -0.508 e. The Morgan fingerprint density at radius 3 is 3.00 bits per heavy atom. The highest BCUT2D eigenvalue weighted by atomic mass is 16.5. The molecule has 2 aromatic rings. The predicted molar refractivity (Wildman–Crippen MR) is 60.3 cm³/mol. The van der Waals surface area contributed by atoms with Crippen LogP contribution in [0.3, 0.4) is 0 Å². The average Bonchev–Trinajstić information content (AvgIpc) is 2.74. The van der Waals surface area contributed by atoms with Crippen molar-refractivity contribution in [3.8, 4) is 11.5 Å². The zero-order valence-corrected chi connectivity index (χ0v) is 9.13. The third kappa shape index (κ3) is 2.53. The largest absolute Gasteiger partial charge is 0.508 e. The highest BCUT2D eigenvalue weighted by Crippen LogP contribution is 2.18. The molecule has 2 rings (SSSR count). The van der Waals surface area contributed by atoms with Crippen molar-refractivity contribution in [2.24, 2.45) is 0 Å². The quantitative estimate of drug-likeness (QED) is 0.855. The standard InChI is InChI=1S/C12H14N2O2/c1-2-14-8-10(7-13-14)9-16-12-5-3-4-11(15)6-12/h3-8,15H,2,9H2,1H3. The van der Waals surface area contributed by atoms with Crippen LogP contribution in [0, 0.1) is 0 Å². The van der Waals surface area contributed by atoms with E-state index in [9.17, 15) is 5.11 Å². The van der Waals surface area contributed by atoms with Gasteiger partial charge in [0.05, 0.1) is 6.20 Å². The van der Waals surface area contributed by atoms with Crippen molar-refractivity contribution in [2.45, 2.75) is 20.1 Å². The first-order chi connectivity index (χ1) is 7.78. The molecule has 1 aromatic heterocycles. The van der Waals surface area contributed by atoms with Crippen LogP contribution >= 0.6 is 0 Å². The molecule has 0 aliphatic carbocycles. The van der Waals surface area contributed by atoms with Crippen molar-refractivity contribution in [2.75, 3.05) is 0 Å². The van der Waals surface area contributed by atoms with Gasteiger partial charge in [-0.05, 0) is 19.1 Å². The van der Waals surface area contributed by atoms with Crippen molar-refractivity contribution in [3.05, 3.63) is 42.2 Å². The van der Waals surface area contributed by atoms with Crippen LogP contribution in [0.25, 0.3) is 0 Å². The first-order valence-electron chi connectivity index (χ1n) is 5.21. The Morgan fingerprint density at radius 1 is 1.44 bits per heavy atom. The second kappa shape index (κ2) is 4.70.